The van der Waals surface area contributed by atoms with Crippen LogP contribution in [0.4, 0.5) is 0 Å². The maximum Gasteiger partial charge on any atom is 0.0244 e. The molecule has 17 heavy (non-hydrogen) atoms. The Bertz CT molecular complexity index is 328. The van der Waals surface area contributed by atoms with Gasteiger partial charge in [0.15, 0.2) is 0 Å². The lowest BCUT2D eigenvalue weighted by Crippen LogP contribution is -2.39. The Kier molecular flexibility index (Phi) is 8.43. The van der Waals surface area contributed by atoms with Crippen LogP contribution < -0.4 is 5.73 Å². The van der Waals surface area contributed by atoms with Gasteiger partial charge in [-0.25, -0.2) is 0 Å². The van der Waals surface area contributed by atoms with Gasteiger partial charge in [0.1, 0.15) is 0 Å². The number of hydrogen-bond donors (Lipinski definition) is 1. The molecule has 0 radical (unpaired) electrons. The van der Waals surface area contributed by atoms with Crippen LogP contribution in [0.3, 0.4) is 0 Å². The minimum absolute atomic E-state index is 0. The second-order valence-electron chi connectivity index (χ2n) is 4.20. The van der Waals surface area contributed by atoms with Gasteiger partial charge in [-0.15, -0.1) is 24.8 Å². The molecule has 0 saturated carbocycles. The van der Waals surface area contributed by atoms with Gasteiger partial charge < -0.3 is 5.73 Å². The minimum Gasteiger partial charge on any atom is -0.328 e. The Morgan fingerprint density at radius 1 is 1.18 bits per heavy atom. The number of benzene rings is 1. The van der Waals surface area contributed by atoms with Crippen molar-refractivity contribution in [1.29, 1.82) is 0 Å². The zero-order valence-corrected chi connectivity index (χ0v) is 12.9. The van der Waals surface area contributed by atoms with Crippen LogP contribution in [0.25, 0.3) is 0 Å². The molecular formula is C12H19BrCl2N2. The monoisotopic (exact) mass is 340 g/mol. The molecule has 0 unspecified atom stereocenters. The molecule has 0 amide bonds. The van der Waals surface area contributed by atoms with Gasteiger partial charge in [0.05, 0.1) is 0 Å². The molecule has 2 rings (SSSR count). The summed E-state index contributed by atoms with van der Waals surface area (Å²) >= 11 is 3.58. The third kappa shape index (κ3) is 5.14. The third-order valence-electron chi connectivity index (χ3n) is 2.98. The SMILES string of the molecule is Cl.Cl.NC1CCN(Cc2ccccc2Br)CC1. The Balaban J connectivity index is 0.00000128. The Morgan fingerprint density at radius 3 is 2.35 bits per heavy atom. The molecule has 1 aromatic carbocycles. The van der Waals surface area contributed by atoms with E-state index in [2.05, 4.69) is 45.1 Å². The predicted octanol–water partition coefficient (Wildman–Crippen LogP) is 3.22. The van der Waals surface area contributed by atoms with E-state index in [0.29, 0.717) is 6.04 Å². The number of likely N-dealkylation sites (tertiary alicyclic amines) is 1. The summed E-state index contributed by atoms with van der Waals surface area (Å²) < 4.78 is 1.21. The standard InChI is InChI=1S/C12H17BrN2.2ClH/c13-12-4-2-1-3-10(12)9-15-7-5-11(14)6-8-15;;/h1-4,11H,5-9,14H2;2*1H. The summed E-state index contributed by atoms with van der Waals surface area (Å²) in [6, 6.07) is 8.85. The van der Waals surface area contributed by atoms with E-state index in [0.717, 1.165) is 32.5 Å². The molecule has 1 heterocycles. The van der Waals surface area contributed by atoms with Crippen LogP contribution >= 0.6 is 40.7 Å². The van der Waals surface area contributed by atoms with Gasteiger partial charge >= 0.3 is 0 Å². The van der Waals surface area contributed by atoms with Crippen LogP contribution in [-0.4, -0.2) is 24.0 Å². The zero-order valence-electron chi connectivity index (χ0n) is 9.64. The van der Waals surface area contributed by atoms with E-state index >= 15 is 0 Å². The number of rotatable bonds is 2. The van der Waals surface area contributed by atoms with E-state index in [1.54, 1.807) is 0 Å². The summed E-state index contributed by atoms with van der Waals surface area (Å²) in [6.07, 6.45) is 2.26. The quantitative estimate of drug-likeness (QED) is 0.894. The summed E-state index contributed by atoms with van der Waals surface area (Å²) in [5.41, 5.74) is 7.25. The summed E-state index contributed by atoms with van der Waals surface area (Å²) in [4.78, 5) is 2.48. The van der Waals surface area contributed by atoms with Crippen molar-refractivity contribution in [2.24, 2.45) is 5.73 Å². The summed E-state index contributed by atoms with van der Waals surface area (Å²) in [5, 5.41) is 0. The Labute approximate surface area is 124 Å². The Hall–Kier alpha value is 0.200. The highest BCUT2D eigenvalue weighted by Crippen LogP contribution is 2.19. The smallest absolute Gasteiger partial charge is 0.0244 e. The van der Waals surface area contributed by atoms with Gasteiger partial charge in [-0.2, -0.15) is 0 Å². The lowest BCUT2D eigenvalue weighted by atomic mass is 10.1. The number of piperidine rings is 1. The first-order valence-electron chi connectivity index (χ1n) is 5.47. The van der Waals surface area contributed by atoms with Crippen molar-refractivity contribution in [2.45, 2.75) is 25.4 Å². The zero-order chi connectivity index (χ0) is 10.7. The van der Waals surface area contributed by atoms with Crippen LogP contribution in [-0.2, 0) is 6.54 Å². The summed E-state index contributed by atoms with van der Waals surface area (Å²) in [7, 11) is 0. The fourth-order valence-corrected chi connectivity index (χ4v) is 2.39. The lowest BCUT2D eigenvalue weighted by Gasteiger charge is -2.30. The number of nitrogens with two attached hydrogens (primary N) is 1. The van der Waals surface area contributed by atoms with Crippen LogP contribution in [0, 0.1) is 0 Å². The first-order chi connectivity index (χ1) is 7.25. The van der Waals surface area contributed by atoms with Crippen LogP contribution in [0.15, 0.2) is 28.7 Å². The predicted molar refractivity (Wildman–Crippen MR) is 81.1 cm³/mol. The first kappa shape index (κ1) is 17.2. The van der Waals surface area contributed by atoms with E-state index < -0.39 is 0 Å². The molecule has 1 aliphatic heterocycles. The van der Waals surface area contributed by atoms with Crippen LogP contribution in [0.1, 0.15) is 18.4 Å². The molecule has 5 heteroatoms. The number of nitrogens with zero attached hydrogens (tertiary/aromatic N) is 1. The molecule has 98 valence electrons. The average molecular weight is 342 g/mol. The molecule has 1 saturated heterocycles. The lowest BCUT2D eigenvalue weighted by molar-refractivity contribution is 0.205. The molecule has 1 aliphatic rings. The molecule has 0 spiro atoms. The van der Waals surface area contributed by atoms with Crippen LogP contribution in [0.5, 0.6) is 0 Å². The van der Waals surface area contributed by atoms with E-state index in [9.17, 15) is 0 Å². The summed E-state index contributed by atoms with van der Waals surface area (Å²) in [5.74, 6) is 0. The van der Waals surface area contributed by atoms with Gasteiger partial charge in [-0.1, -0.05) is 34.1 Å². The molecule has 2 N–H and O–H groups in total. The van der Waals surface area contributed by atoms with E-state index in [4.69, 9.17) is 5.73 Å². The van der Waals surface area contributed by atoms with Crippen molar-refractivity contribution in [1.82, 2.24) is 4.90 Å². The second kappa shape index (κ2) is 8.33. The molecule has 2 nitrogen and oxygen atoms in total. The van der Waals surface area contributed by atoms with E-state index in [-0.39, 0.29) is 24.8 Å². The van der Waals surface area contributed by atoms with Crippen LogP contribution in [0.2, 0.25) is 0 Å². The van der Waals surface area contributed by atoms with Gasteiger partial charge in [-0.3, -0.25) is 4.90 Å². The van der Waals surface area contributed by atoms with Gasteiger partial charge in [0.25, 0.3) is 0 Å². The maximum absolute atomic E-state index is 5.88. The summed E-state index contributed by atoms with van der Waals surface area (Å²) in [6.45, 7) is 3.29. The fraction of sp³-hybridized carbons (Fsp3) is 0.500. The topological polar surface area (TPSA) is 29.3 Å². The average Bonchev–Trinajstić information content (AvgIpc) is 2.25. The van der Waals surface area contributed by atoms with E-state index in [1.807, 2.05) is 0 Å². The van der Waals surface area contributed by atoms with Gasteiger partial charge in [0.2, 0.25) is 0 Å². The molecule has 1 fully saturated rings. The van der Waals surface area contributed by atoms with Crippen molar-refractivity contribution in [3.63, 3.8) is 0 Å². The van der Waals surface area contributed by atoms with Gasteiger partial charge in [-0.05, 0) is 37.6 Å². The second-order valence-corrected chi connectivity index (χ2v) is 5.06. The molecular weight excluding hydrogens is 323 g/mol. The number of halogens is 3. The van der Waals surface area contributed by atoms with E-state index in [1.165, 1.54) is 10.0 Å². The first-order valence-corrected chi connectivity index (χ1v) is 6.26. The van der Waals surface area contributed by atoms with Crippen molar-refractivity contribution >= 4 is 40.7 Å². The minimum atomic E-state index is 0. The maximum atomic E-state index is 5.88. The molecule has 0 atom stereocenters. The largest absolute Gasteiger partial charge is 0.328 e. The van der Waals surface area contributed by atoms with Crippen molar-refractivity contribution in [3.8, 4) is 0 Å². The number of hydrogen-bond acceptors (Lipinski definition) is 2. The van der Waals surface area contributed by atoms with Crippen molar-refractivity contribution < 1.29 is 0 Å². The molecule has 0 aliphatic carbocycles. The molecule has 1 aromatic rings. The Morgan fingerprint density at radius 2 is 1.76 bits per heavy atom. The molecule has 0 aromatic heterocycles. The third-order valence-corrected chi connectivity index (χ3v) is 3.76. The normalized spacial score (nSPS) is 17.1. The van der Waals surface area contributed by atoms with Crippen molar-refractivity contribution in [2.75, 3.05) is 13.1 Å². The van der Waals surface area contributed by atoms with Gasteiger partial charge in [0, 0.05) is 17.1 Å². The van der Waals surface area contributed by atoms with Crippen molar-refractivity contribution in [3.05, 3.63) is 34.3 Å². The highest BCUT2D eigenvalue weighted by molar-refractivity contribution is 9.10. The molecule has 0 bridgehead atoms. The fourth-order valence-electron chi connectivity index (χ4n) is 1.98. The highest BCUT2D eigenvalue weighted by Gasteiger charge is 2.16. The highest BCUT2D eigenvalue weighted by atomic mass is 79.9.